The van der Waals surface area contributed by atoms with Crippen molar-refractivity contribution in [2.24, 2.45) is 0 Å². The minimum absolute atomic E-state index is 1.00. The van der Waals surface area contributed by atoms with E-state index in [2.05, 4.69) is 63.0 Å². The molecule has 0 radical (unpaired) electrons. The Morgan fingerprint density at radius 1 is 0.944 bits per heavy atom. The minimum atomic E-state index is -1.37. The lowest BCUT2D eigenvalue weighted by Gasteiger charge is -2.16. The number of fused-ring (bicyclic) bond motifs is 3. The van der Waals surface area contributed by atoms with Crippen LogP contribution in [0.15, 0.2) is 40.8 Å². The second-order valence-corrected chi connectivity index (χ2v) is 11.1. The van der Waals surface area contributed by atoms with Gasteiger partial charge in [-0.05, 0) is 24.2 Å². The van der Waals surface area contributed by atoms with Crippen LogP contribution in [0, 0.1) is 6.92 Å². The van der Waals surface area contributed by atoms with E-state index in [-0.39, 0.29) is 0 Å². The molecule has 1 nitrogen and oxygen atoms in total. The van der Waals surface area contributed by atoms with Crippen molar-refractivity contribution in [1.82, 2.24) is 0 Å². The molecule has 2 heteroatoms. The van der Waals surface area contributed by atoms with Crippen LogP contribution in [0.1, 0.15) is 5.56 Å². The summed E-state index contributed by atoms with van der Waals surface area (Å²) in [5.41, 5.74) is 3.38. The average molecular weight is 254 g/mol. The van der Waals surface area contributed by atoms with Gasteiger partial charge in [-0.3, -0.25) is 0 Å². The highest BCUT2D eigenvalue weighted by Gasteiger charge is 2.22. The molecule has 0 aliphatic rings. The van der Waals surface area contributed by atoms with Crippen molar-refractivity contribution >= 4 is 35.2 Å². The summed E-state index contributed by atoms with van der Waals surface area (Å²) < 4.78 is 6.10. The predicted molar refractivity (Wildman–Crippen MR) is 81.4 cm³/mol. The van der Waals surface area contributed by atoms with E-state index in [1.54, 1.807) is 0 Å². The molecule has 3 rings (SSSR count). The van der Waals surface area contributed by atoms with Gasteiger partial charge >= 0.3 is 0 Å². The van der Waals surface area contributed by atoms with Gasteiger partial charge in [-0.1, -0.05) is 49.5 Å². The van der Waals surface area contributed by atoms with Gasteiger partial charge in [-0.15, -0.1) is 0 Å². The van der Waals surface area contributed by atoms with Crippen molar-refractivity contribution in [3.63, 3.8) is 0 Å². The van der Waals surface area contributed by atoms with E-state index >= 15 is 0 Å². The number of para-hydroxylation sites is 1. The fourth-order valence-corrected chi connectivity index (χ4v) is 3.97. The van der Waals surface area contributed by atoms with Crippen LogP contribution in [0.25, 0.3) is 21.9 Å². The third-order valence-electron chi connectivity index (χ3n) is 3.46. The first-order chi connectivity index (χ1) is 8.47. The molecule has 2 aromatic carbocycles. The lowest BCUT2D eigenvalue weighted by Crippen LogP contribution is -2.37. The third kappa shape index (κ3) is 1.68. The summed E-state index contributed by atoms with van der Waals surface area (Å²) in [7, 11) is -1.37. The highest BCUT2D eigenvalue weighted by molar-refractivity contribution is 6.90. The highest BCUT2D eigenvalue weighted by Crippen LogP contribution is 2.29. The zero-order valence-corrected chi connectivity index (χ0v) is 12.4. The van der Waals surface area contributed by atoms with Crippen LogP contribution in [0.4, 0.5) is 0 Å². The fourth-order valence-electron chi connectivity index (χ4n) is 2.50. The Morgan fingerprint density at radius 3 is 2.44 bits per heavy atom. The van der Waals surface area contributed by atoms with Crippen molar-refractivity contribution in [1.29, 1.82) is 0 Å². The van der Waals surface area contributed by atoms with E-state index in [0.29, 0.717) is 0 Å². The maximum atomic E-state index is 6.10. The monoisotopic (exact) mass is 254 g/mol. The molecule has 0 bridgehead atoms. The van der Waals surface area contributed by atoms with Crippen LogP contribution < -0.4 is 5.19 Å². The smallest absolute Gasteiger partial charge is 0.135 e. The van der Waals surface area contributed by atoms with Crippen molar-refractivity contribution in [2.45, 2.75) is 26.6 Å². The number of furan rings is 1. The SMILES string of the molecule is Cc1ccc2oc3c([Si](C)(C)C)cccc3c2c1. The zero-order valence-electron chi connectivity index (χ0n) is 11.4. The van der Waals surface area contributed by atoms with Gasteiger partial charge in [0.05, 0.1) is 8.07 Å². The van der Waals surface area contributed by atoms with Gasteiger partial charge in [0.2, 0.25) is 0 Å². The molecule has 0 saturated heterocycles. The molecule has 0 amide bonds. The van der Waals surface area contributed by atoms with Gasteiger partial charge in [-0.25, -0.2) is 0 Å². The first kappa shape index (κ1) is 11.5. The van der Waals surface area contributed by atoms with Crippen LogP contribution in [0.2, 0.25) is 19.6 Å². The Kier molecular flexibility index (Phi) is 2.39. The Labute approximate surface area is 108 Å². The van der Waals surface area contributed by atoms with Crippen LogP contribution in [-0.4, -0.2) is 8.07 Å². The standard InChI is InChI=1S/C16H18OSi/c1-11-8-9-14-13(10-11)12-6-5-7-15(16(12)17-14)18(2,3)4/h5-10H,1-4H3. The number of rotatable bonds is 1. The molecule has 1 aromatic heterocycles. The summed E-state index contributed by atoms with van der Waals surface area (Å²) in [4.78, 5) is 0. The Hall–Kier alpha value is -1.54. The fraction of sp³-hybridized carbons (Fsp3) is 0.250. The number of benzene rings is 2. The quantitative estimate of drug-likeness (QED) is 0.585. The maximum absolute atomic E-state index is 6.10. The second kappa shape index (κ2) is 3.72. The van der Waals surface area contributed by atoms with Crippen LogP contribution in [0.3, 0.4) is 0 Å². The molecule has 0 atom stereocenters. The molecular weight excluding hydrogens is 236 g/mol. The van der Waals surface area contributed by atoms with Gasteiger partial charge in [0.15, 0.2) is 0 Å². The van der Waals surface area contributed by atoms with Crippen LogP contribution >= 0.6 is 0 Å². The Bertz CT molecular complexity index is 732. The molecule has 0 saturated carbocycles. The molecule has 0 aliphatic heterocycles. The third-order valence-corrected chi connectivity index (χ3v) is 5.47. The number of aryl methyl sites for hydroxylation is 1. The molecule has 18 heavy (non-hydrogen) atoms. The van der Waals surface area contributed by atoms with Gasteiger partial charge in [0.1, 0.15) is 11.2 Å². The van der Waals surface area contributed by atoms with E-state index in [1.165, 1.54) is 21.5 Å². The molecule has 1 heterocycles. The van der Waals surface area contributed by atoms with E-state index in [4.69, 9.17) is 4.42 Å². The second-order valence-electron chi connectivity index (χ2n) is 6.03. The van der Waals surface area contributed by atoms with Crippen molar-refractivity contribution in [2.75, 3.05) is 0 Å². The molecule has 92 valence electrons. The van der Waals surface area contributed by atoms with E-state index in [1.807, 2.05) is 0 Å². The maximum Gasteiger partial charge on any atom is 0.135 e. The van der Waals surface area contributed by atoms with E-state index in [0.717, 1.165) is 11.2 Å². The average Bonchev–Trinajstić information content (AvgIpc) is 2.65. The number of hydrogen-bond donors (Lipinski definition) is 0. The summed E-state index contributed by atoms with van der Waals surface area (Å²) in [6.07, 6.45) is 0. The normalized spacial score (nSPS) is 12.4. The summed E-state index contributed by atoms with van der Waals surface area (Å²) >= 11 is 0. The molecule has 0 spiro atoms. The summed E-state index contributed by atoms with van der Waals surface area (Å²) in [6, 6.07) is 13.0. The summed E-state index contributed by atoms with van der Waals surface area (Å²) in [5.74, 6) is 0. The molecule has 0 unspecified atom stereocenters. The first-order valence-corrected chi connectivity index (χ1v) is 9.89. The van der Waals surface area contributed by atoms with Gasteiger partial charge in [0.25, 0.3) is 0 Å². The molecule has 0 N–H and O–H groups in total. The first-order valence-electron chi connectivity index (χ1n) is 6.39. The topological polar surface area (TPSA) is 13.1 Å². The molecule has 0 fully saturated rings. The van der Waals surface area contributed by atoms with Crippen molar-refractivity contribution in [3.05, 3.63) is 42.0 Å². The van der Waals surface area contributed by atoms with Crippen LogP contribution in [0.5, 0.6) is 0 Å². The van der Waals surface area contributed by atoms with E-state index < -0.39 is 8.07 Å². The summed E-state index contributed by atoms with van der Waals surface area (Å²) in [5, 5.41) is 3.91. The van der Waals surface area contributed by atoms with Crippen molar-refractivity contribution in [3.8, 4) is 0 Å². The largest absolute Gasteiger partial charge is 0.456 e. The Morgan fingerprint density at radius 2 is 1.72 bits per heavy atom. The van der Waals surface area contributed by atoms with Gasteiger partial charge in [-0.2, -0.15) is 0 Å². The minimum Gasteiger partial charge on any atom is -0.456 e. The van der Waals surface area contributed by atoms with Crippen molar-refractivity contribution < 1.29 is 4.42 Å². The highest BCUT2D eigenvalue weighted by atomic mass is 28.3. The zero-order chi connectivity index (χ0) is 12.9. The lowest BCUT2D eigenvalue weighted by atomic mass is 10.1. The van der Waals surface area contributed by atoms with Crippen LogP contribution in [-0.2, 0) is 0 Å². The molecular formula is C16H18OSi. The van der Waals surface area contributed by atoms with E-state index in [9.17, 15) is 0 Å². The van der Waals surface area contributed by atoms with Gasteiger partial charge < -0.3 is 4.42 Å². The predicted octanol–water partition coefficient (Wildman–Crippen LogP) is 4.44. The lowest BCUT2D eigenvalue weighted by molar-refractivity contribution is 0.671. The number of hydrogen-bond acceptors (Lipinski definition) is 1. The molecule has 0 aliphatic carbocycles. The molecule has 3 aromatic rings. The summed E-state index contributed by atoms with van der Waals surface area (Å²) in [6.45, 7) is 9.21. The van der Waals surface area contributed by atoms with Gasteiger partial charge in [0, 0.05) is 10.8 Å². The Balaban J connectivity index is 2.47.